The molecule has 1 fully saturated rings. The van der Waals surface area contributed by atoms with Gasteiger partial charge in [0.1, 0.15) is 16.0 Å². The molecule has 172 valence electrons. The SMILES string of the molecule is O=C1c2ccccc2C(=O)N1CCCCc1cc2c(cc1F)c(=O)c1c(=O)[nH]sc1n2C1CC1. The lowest BCUT2D eigenvalue weighted by atomic mass is 10.0. The first-order chi connectivity index (χ1) is 16.5. The number of pyridine rings is 1. The molecule has 2 aromatic carbocycles. The van der Waals surface area contributed by atoms with Crippen molar-refractivity contribution in [2.75, 3.05) is 6.54 Å². The molecule has 7 nitrogen and oxygen atoms in total. The van der Waals surface area contributed by atoms with Gasteiger partial charge in [-0.05, 0) is 73.5 Å². The molecule has 1 aliphatic carbocycles. The third-order valence-corrected chi connectivity index (χ3v) is 7.55. The van der Waals surface area contributed by atoms with Crippen LogP contribution in [0.25, 0.3) is 21.1 Å². The molecule has 0 unspecified atom stereocenters. The Kier molecular flexibility index (Phi) is 4.77. The lowest BCUT2D eigenvalue weighted by Gasteiger charge is -2.15. The van der Waals surface area contributed by atoms with Gasteiger partial charge in [-0.1, -0.05) is 12.1 Å². The average molecular weight is 478 g/mol. The van der Waals surface area contributed by atoms with Crippen molar-refractivity contribution in [2.24, 2.45) is 0 Å². The zero-order chi connectivity index (χ0) is 23.6. The molecule has 0 spiro atoms. The Bertz CT molecular complexity index is 1590. The Balaban J connectivity index is 1.25. The summed E-state index contributed by atoms with van der Waals surface area (Å²) >= 11 is 1.14. The van der Waals surface area contributed by atoms with Gasteiger partial charge in [0.25, 0.3) is 17.4 Å². The van der Waals surface area contributed by atoms with E-state index in [1.807, 2.05) is 4.57 Å². The van der Waals surface area contributed by atoms with E-state index < -0.39 is 16.8 Å². The van der Waals surface area contributed by atoms with Gasteiger partial charge < -0.3 is 4.57 Å². The zero-order valence-electron chi connectivity index (χ0n) is 18.1. The molecular formula is C25H20FN3O4S. The second-order valence-electron chi connectivity index (χ2n) is 8.87. The van der Waals surface area contributed by atoms with Crippen LogP contribution in [-0.2, 0) is 6.42 Å². The van der Waals surface area contributed by atoms with Gasteiger partial charge in [0.05, 0.1) is 16.6 Å². The van der Waals surface area contributed by atoms with Crippen LogP contribution < -0.4 is 11.0 Å². The first kappa shape index (κ1) is 21.0. The van der Waals surface area contributed by atoms with Crippen molar-refractivity contribution in [3.8, 4) is 0 Å². The number of carbonyl (C=O) groups excluding carboxylic acids is 2. The second kappa shape index (κ2) is 7.73. The Morgan fingerprint density at radius 3 is 2.38 bits per heavy atom. The quantitative estimate of drug-likeness (QED) is 0.336. The normalized spacial score (nSPS) is 15.6. The van der Waals surface area contributed by atoms with Gasteiger partial charge in [-0.25, -0.2) is 4.39 Å². The number of hydrogen-bond donors (Lipinski definition) is 1. The number of halogens is 1. The number of carbonyl (C=O) groups is 2. The number of aryl methyl sites for hydroxylation is 1. The molecule has 34 heavy (non-hydrogen) atoms. The molecule has 2 aliphatic rings. The summed E-state index contributed by atoms with van der Waals surface area (Å²) in [5.74, 6) is -1.07. The van der Waals surface area contributed by atoms with Crippen LogP contribution in [-0.4, -0.2) is 32.2 Å². The van der Waals surface area contributed by atoms with Gasteiger partial charge in [-0.15, -0.1) is 0 Å². The monoisotopic (exact) mass is 477 g/mol. The van der Waals surface area contributed by atoms with Crippen molar-refractivity contribution in [1.82, 2.24) is 13.8 Å². The van der Waals surface area contributed by atoms with Gasteiger partial charge in [-0.2, -0.15) is 0 Å². The van der Waals surface area contributed by atoms with Gasteiger partial charge in [0, 0.05) is 18.0 Å². The summed E-state index contributed by atoms with van der Waals surface area (Å²) in [5, 5.41) is 0.313. The van der Waals surface area contributed by atoms with E-state index in [1.165, 1.54) is 11.0 Å². The predicted molar refractivity (Wildman–Crippen MR) is 127 cm³/mol. The number of rotatable bonds is 6. The summed E-state index contributed by atoms with van der Waals surface area (Å²) in [6, 6.07) is 9.93. The summed E-state index contributed by atoms with van der Waals surface area (Å²) in [4.78, 5) is 52.0. The van der Waals surface area contributed by atoms with Crippen molar-refractivity contribution in [3.63, 3.8) is 0 Å². The van der Waals surface area contributed by atoms with Crippen LogP contribution in [0.5, 0.6) is 0 Å². The van der Waals surface area contributed by atoms with Crippen molar-refractivity contribution in [3.05, 3.63) is 79.5 Å². The van der Waals surface area contributed by atoms with Crippen molar-refractivity contribution < 1.29 is 14.0 Å². The van der Waals surface area contributed by atoms with E-state index in [4.69, 9.17) is 0 Å². The van der Waals surface area contributed by atoms with Crippen molar-refractivity contribution in [2.45, 2.75) is 38.1 Å². The lowest BCUT2D eigenvalue weighted by molar-refractivity contribution is 0.0651. The van der Waals surface area contributed by atoms with Crippen molar-refractivity contribution >= 4 is 44.5 Å². The summed E-state index contributed by atoms with van der Waals surface area (Å²) in [5.41, 5.74) is 1.09. The number of imide groups is 1. The highest BCUT2D eigenvalue weighted by Crippen LogP contribution is 2.40. The maximum Gasteiger partial charge on any atom is 0.271 e. The molecule has 3 heterocycles. The van der Waals surface area contributed by atoms with Crippen LogP contribution in [0.1, 0.15) is 58.0 Å². The maximum atomic E-state index is 15.0. The summed E-state index contributed by atoms with van der Waals surface area (Å²) in [6.45, 7) is 0.270. The van der Waals surface area contributed by atoms with Crippen LogP contribution in [0.3, 0.4) is 0 Å². The number of amides is 2. The molecule has 9 heteroatoms. The molecule has 1 aliphatic heterocycles. The molecule has 2 amide bonds. The fraction of sp³-hybridized carbons (Fsp3) is 0.280. The van der Waals surface area contributed by atoms with Crippen molar-refractivity contribution in [1.29, 1.82) is 0 Å². The van der Waals surface area contributed by atoms with E-state index in [9.17, 15) is 23.6 Å². The fourth-order valence-electron chi connectivity index (χ4n) is 4.81. The lowest BCUT2D eigenvalue weighted by Crippen LogP contribution is -2.30. The molecule has 0 radical (unpaired) electrons. The van der Waals surface area contributed by atoms with Gasteiger partial charge in [0.15, 0.2) is 0 Å². The van der Waals surface area contributed by atoms with E-state index in [-0.39, 0.29) is 35.2 Å². The Morgan fingerprint density at radius 1 is 1.00 bits per heavy atom. The van der Waals surface area contributed by atoms with Crippen LogP contribution >= 0.6 is 11.5 Å². The number of aromatic amines is 1. The van der Waals surface area contributed by atoms with E-state index >= 15 is 0 Å². The highest BCUT2D eigenvalue weighted by Gasteiger charge is 2.34. The predicted octanol–water partition coefficient (Wildman–Crippen LogP) is 4.00. The number of fused-ring (bicyclic) bond motifs is 3. The number of H-pyrrole nitrogens is 1. The molecule has 6 rings (SSSR count). The third-order valence-electron chi connectivity index (χ3n) is 6.66. The smallest absolute Gasteiger partial charge is 0.271 e. The van der Waals surface area contributed by atoms with E-state index in [0.29, 0.717) is 46.3 Å². The Hall–Kier alpha value is -3.59. The highest BCUT2D eigenvalue weighted by atomic mass is 32.1. The minimum absolute atomic E-state index is 0.0949. The van der Waals surface area contributed by atoms with Crippen LogP contribution in [0, 0.1) is 5.82 Å². The first-order valence-electron chi connectivity index (χ1n) is 11.3. The number of nitrogens with zero attached hydrogens (tertiary/aromatic N) is 2. The first-order valence-corrected chi connectivity index (χ1v) is 12.1. The zero-order valence-corrected chi connectivity index (χ0v) is 18.9. The van der Waals surface area contributed by atoms with Gasteiger partial charge >= 0.3 is 0 Å². The molecule has 4 aromatic rings. The average Bonchev–Trinajstić information content (AvgIpc) is 3.55. The molecule has 2 aromatic heterocycles. The van der Waals surface area contributed by atoms with Crippen LogP contribution in [0.4, 0.5) is 4.39 Å². The molecule has 0 bridgehead atoms. The van der Waals surface area contributed by atoms with E-state index in [1.54, 1.807) is 30.3 Å². The minimum atomic E-state index is -0.487. The standard InChI is InChI=1S/C25H20FN3O4S/c26-18-12-17-19(29(14-8-9-14)25-20(21(17)30)22(31)27-34-25)11-13(18)5-3-4-10-28-23(32)15-6-1-2-7-16(15)24(28)33/h1-2,6-7,11-12,14H,3-5,8-10H2,(H,27,31). The number of benzene rings is 2. The summed E-state index contributed by atoms with van der Waals surface area (Å²) in [6.07, 6.45) is 3.42. The second-order valence-corrected chi connectivity index (χ2v) is 9.66. The number of nitrogens with one attached hydrogen (secondary N) is 1. The minimum Gasteiger partial charge on any atom is -0.328 e. The molecule has 0 atom stereocenters. The number of hydrogen-bond acceptors (Lipinski definition) is 5. The van der Waals surface area contributed by atoms with Gasteiger partial charge in [0.2, 0.25) is 5.43 Å². The van der Waals surface area contributed by atoms with Crippen LogP contribution in [0.15, 0.2) is 46.0 Å². The third kappa shape index (κ3) is 3.14. The number of unbranched alkanes of at least 4 members (excludes halogenated alkanes) is 1. The van der Waals surface area contributed by atoms with E-state index in [0.717, 1.165) is 24.4 Å². The van der Waals surface area contributed by atoms with E-state index in [2.05, 4.69) is 4.37 Å². The molecule has 1 saturated carbocycles. The highest BCUT2D eigenvalue weighted by molar-refractivity contribution is 7.12. The molecule has 1 N–H and O–H groups in total. The Morgan fingerprint density at radius 2 is 1.71 bits per heavy atom. The summed E-state index contributed by atoms with van der Waals surface area (Å²) < 4.78 is 19.6. The van der Waals surface area contributed by atoms with Gasteiger partial charge in [-0.3, -0.25) is 28.5 Å². The Labute approximate surface area is 196 Å². The largest absolute Gasteiger partial charge is 0.328 e. The topological polar surface area (TPSA) is 92.2 Å². The van der Waals surface area contributed by atoms with Crippen LogP contribution in [0.2, 0.25) is 0 Å². The summed E-state index contributed by atoms with van der Waals surface area (Å²) in [7, 11) is 0. The molecular weight excluding hydrogens is 457 g/mol. The fourth-order valence-corrected chi connectivity index (χ4v) is 5.73. The molecule has 0 saturated heterocycles. The number of aromatic nitrogens is 2. The maximum absolute atomic E-state index is 15.0.